The fourth-order valence-corrected chi connectivity index (χ4v) is 2.27. The largest absolute Gasteiger partial charge is 0.444 e. The second-order valence-corrected chi connectivity index (χ2v) is 5.55. The van der Waals surface area contributed by atoms with Gasteiger partial charge in [0, 0.05) is 13.7 Å². The Hall–Kier alpha value is -1.61. The van der Waals surface area contributed by atoms with Crippen LogP contribution in [0.15, 0.2) is 33.7 Å². The van der Waals surface area contributed by atoms with Crippen molar-refractivity contribution in [2.75, 3.05) is 13.7 Å². The fraction of sp³-hybridized carbons (Fsp3) is 0.444. The first-order valence-electron chi connectivity index (χ1n) is 8.14. The molecule has 0 bridgehead atoms. The quantitative estimate of drug-likeness (QED) is 0.379. The third-order valence-electron chi connectivity index (χ3n) is 3.55. The van der Waals surface area contributed by atoms with Crippen molar-refractivity contribution >= 4 is 29.9 Å². The first-order chi connectivity index (χ1) is 11.6. The summed E-state index contributed by atoms with van der Waals surface area (Å²) >= 11 is 0. The van der Waals surface area contributed by atoms with Crippen molar-refractivity contribution in [2.45, 2.75) is 40.5 Å². The highest BCUT2D eigenvalue weighted by Crippen LogP contribution is 2.09. The van der Waals surface area contributed by atoms with Gasteiger partial charge in [0.25, 0.3) is 0 Å². The van der Waals surface area contributed by atoms with E-state index in [1.54, 1.807) is 7.11 Å². The number of ether oxygens (including phenoxy) is 1. The van der Waals surface area contributed by atoms with Gasteiger partial charge in [-0.25, -0.2) is 9.98 Å². The topological polar surface area (TPSA) is 71.7 Å². The first-order valence-corrected chi connectivity index (χ1v) is 8.14. The summed E-state index contributed by atoms with van der Waals surface area (Å²) in [5, 5.41) is 6.47. The molecule has 1 aromatic heterocycles. The van der Waals surface area contributed by atoms with E-state index >= 15 is 0 Å². The highest BCUT2D eigenvalue weighted by Gasteiger charge is 2.06. The second kappa shape index (κ2) is 11.1. The first kappa shape index (κ1) is 21.4. The molecule has 7 heteroatoms. The van der Waals surface area contributed by atoms with E-state index in [9.17, 15) is 0 Å². The van der Waals surface area contributed by atoms with Gasteiger partial charge < -0.3 is 19.8 Å². The van der Waals surface area contributed by atoms with Crippen LogP contribution in [-0.2, 0) is 24.4 Å². The Morgan fingerprint density at radius 1 is 1.24 bits per heavy atom. The number of aromatic nitrogens is 1. The summed E-state index contributed by atoms with van der Waals surface area (Å²) in [6.45, 7) is 8.39. The van der Waals surface area contributed by atoms with Gasteiger partial charge in [0.1, 0.15) is 5.76 Å². The number of rotatable bonds is 7. The number of methoxy groups -OCH3 is 1. The van der Waals surface area contributed by atoms with Crippen molar-refractivity contribution in [3.05, 3.63) is 52.7 Å². The van der Waals surface area contributed by atoms with E-state index < -0.39 is 0 Å². The molecule has 0 aliphatic carbocycles. The van der Waals surface area contributed by atoms with E-state index in [1.807, 2.05) is 32.9 Å². The average Bonchev–Trinajstić information content (AvgIpc) is 2.89. The molecule has 2 N–H and O–H groups in total. The van der Waals surface area contributed by atoms with E-state index in [0.29, 0.717) is 25.6 Å². The molecular formula is C18H27IN4O2. The standard InChI is InChI=1S/C18H26N4O2.HI/c1-5-19-18(21-11-17-22-13(2)14(3)24-17)20-10-15-7-6-8-16(9-15)12-23-4;/h6-9H,5,10-12H2,1-4H3,(H2,19,20,21);1H. The summed E-state index contributed by atoms with van der Waals surface area (Å²) in [6.07, 6.45) is 0. The van der Waals surface area contributed by atoms with Gasteiger partial charge in [-0.2, -0.15) is 0 Å². The zero-order valence-electron chi connectivity index (χ0n) is 15.3. The molecule has 0 atom stereocenters. The van der Waals surface area contributed by atoms with Crippen LogP contribution in [0.25, 0.3) is 0 Å². The van der Waals surface area contributed by atoms with Crippen molar-refractivity contribution in [1.82, 2.24) is 15.6 Å². The van der Waals surface area contributed by atoms with Crippen molar-refractivity contribution in [2.24, 2.45) is 4.99 Å². The van der Waals surface area contributed by atoms with Gasteiger partial charge in [0.2, 0.25) is 5.89 Å². The molecule has 0 aliphatic rings. The Bertz CT molecular complexity index is 666. The van der Waals surface area contributed by atoms with Gasteiger partial charge in [-0.3, -0.25) is 0 Å². The maximum absolute atomic E-state index is 5.58. The van der Waals surface area contributed by atoms with Crippen LogP contribution >= 0.6 is 24.0 Å². The molecular weight excluding hydrogens is 431 g/mol. The van der Waals surface area contributed by atoms with Crippen LogP contribution in [0.2, 0.25) is 0 Å². The van der Waals surface area contributed by atoms with Crippen molar-refractivity contribution in [1.29, 1.82) is 0 Å². The number of aliphatic imine (C=N–C) groups is 1. The summed E-state index contributed by atoms with van der Waals surface area (Å²) in [6, 6.07) is 8.25. The monoisotopic (exact) mass is 458 g/mol. The van der Waals surface area contributed by atoms with Gasteiger partial charge in [0.05, 0.1) is 25.4 Å². The van der Waals surface area contributed by atoms with E-state index in [-0.39, 0.29) is 24.0 Å². The minimum Gasteiger partial charge on any atom is -0.444 e. The number of nitrogens with one attached hydrogen (secondary N) is 2. The molecule has 0 radical (unpaired) electrons. The van der Waals surface area contributed by atoms with Gasteiger partial charge in [-0.1, -0.05) is 24.3 Å². The zero-order valence-corrected chi connectivity index (χ0v) is 17.6. The smallest absolute Gasteiger partial charge is 0.214 e. The average molecular weight is 458 g/mol. The summed E-state index contributed by atoms with van der Waals surface area (Å²) in [7, 11) is 1.70. The highest BCUT2D eigenvalue weighted by molar-refractivity contribution is 14.0. The number of halogens is 1. The van der Waals surface area contributed by atoms with Crippen LogP contribution in [0, 0.1) is 13.8 Å². The third-order valence-corrected chi connectivity index (χ3v) is 3.55. The Morgan fingerprint density at radius 3 is 2.64 bits per heavy atom. The maximum Gasteiger partial charge on any atom is 0.214 e. The molecule has 0 saturated heterocycles. The summed E-state index contributed by atoms with van der Waals surface area (Å²) < 4.78 is 10.7. The Morgan fingerprint density at radius 2 is 2.00 bits per heavy atom. The number of benzene rings is 1. The van der Waals surface area contributed by atoms with Crippen LogP contribution < -0.4 is 10.6 Å². The van der Waals surface area contributed by atoms with Crippen LogP contribution in [0.3, 0.4) is 0 Å². The van der Waals surface area contributed by atoms with Gasteiger partial charge in [0.15, 0.2) is 5.96 Å². The lowest BCUT2D eigenvalue weighted by atomic mass is 10.1. The molecule has 0 unspecified atom stereocenters. The lowest BCUT2D eigenvalue weighted by Gasteiger charge is -2.10. The van der Waals surface area contributed by atoms with Gasteiger partial charge in [-0.05, 0) is 31.9 Å². The minimum absolute atomic E-state index is 0. The van der Waals surface area contributed by atoms with Crippen molar-refractivity contribution in [3.63, 3.8) is 0 Å². The molecule has 0 saturated carbocycles. The predicted molar refractivity (Wildman–Crippen MR) is 110 cm³/mol. The molecule has 138 valence electrons. The van der Waals surface area contributed by atoms with Crippen LogP contribution in [0.4, 0.5) is 0 Å². The molecule has 1 aromatic carbocycles. The zero-order chi connectivity index (χ0) is 17.4. The summed E-state index contributed by atoms with van der Waals surface area (Å²) in [5.74, 6) is 2.25. The number of guanidine groups is 1. The highest BCUT2D eigenvalue weighted by atomic mass is 127. The van der Waals surface area contributed by atoms with Crippen LogP contribution in [0.5, 0.6) is 0 Å². The molecule has 2 rings (SSSR count). The molecule has 1 heterocycles. The van der Waals surface area contributed by atoms with E-state index in [0.717, 1.165) is 35.1 Å². The van der Waals surface area contributed by atoms with E-state index in [2.05, 4.69) is 32.7 Å². The Balaban J connectivity index is 0.00000312. The number of hydrogen-bond acceptors (Lipinski definition) is 4. The van der Waals surface area contributed by atoms with E-state index in [4.69, 9.17) is 9.15 Å². The minimum atomic E-state index is 0. The third kappa shape index (κ3) is 7.03. The molecule has 25 heavy (non-hydrogen) atoms. The van der Waals surface area contributed by atoms with E-state index in [1.165, 1.54) is 0 Å². The number of nitrogens with zero attached hydrogens (tertiary/aromatic N) is 2. The molecule has 6 nitrogen and oxygen atoms in total. The Labute approximate surface area is 166 Å². The lowest BCUT2D eigenvalue weighted by Crippen LogP contribution is -2.36. The second-order valence-electron chi connectivity index (χ2n) is 5.55. The molecule has 0 fully saturated rings. The normalized spacial score (nSPS) is 11.1. The van der Waals surface area contributed by atoms with Crippen LogP contribution in [-0.4, -0.2) is 24.6 Å². The number of hydrogen-bond donors (Lipinski definition) is 2. The SMILES string of the molecule is CCNC(=NCc1cccc(COC)c1)NCc1nc(C)c(C)o1.I. The lowest BCUT2D eigenvalue weighted by molar-refractivity contribution is 0.185. The molecule has 2 aromatic rings. The number of oxazole rings is 1. The maximum atomic E-state index is 5.58. The molecule has 0 aliphatic heterocycles. The molecule has 0 spiro atoms. The number of aryl methyl sites for hydroxylation is 2. The van der Waals surface area contributed by atoms with Gasteiger partial charge >= 0.3 is 0 Å². The fourth-order valence-electron chi connectivity index (χ4n) is 2.27. The summed E-state index contributed by atoms with van der Waals surface area (Å²) in [5.41, 5.74) is 3.21. The van der Waals surface area contributed by atoms with Crippen molar-refractivity contribution in [3.8, 4) is 0 Å². The van der Waals surface area contributed by atoms with Gasteiger partial charge in [-0.15, -0.1) is 24.0 Å². The Kier molecular flexibility index (Phi) is 9.51. The summed E-state index contributed by atoms with van der Waals surface area (Å²) in [4.78, 5) is 8.98. The van der Waals surface area contributed by atoms with Crippen molar-refractivity contribution < 1.29 is 9.15 Å². The molecule has 0 amide bonds. The predicted octanol–water partition coefficient (Wildman–Crippen LogP) is 3.31. The van der Waals surface area contributed by atoms with Crippen LogP contribution in [0.1, 0.15) is 35.4 Å².